The van der Waals surface area contributed by atoms with E-state index in [1.54, 1.807) is 0 Å². The summed E-state index contributed by atoms with van der Waals surface area (Å²) in [6, 6.07) is 11.6. The summed E-state index contributed by atoms with van der Waals surface area (Å²) in [5.74, 6) is 0.664. The van der Waals surface area contributed by atoms with Gasteiger partial charge in [0.25, 0.3) is 5.91 Å². The average molecular weight is 270 g/mol. The van der Waals surface area contributed by atoms with Crippen LogP contribution in [-0.4, -0.2) is 33.7 Å². The van der Waals surface area contributed by atoms with Gasteiger partial charge in [-0.3, -0.25) is 9.48 Å². The highest BCUT2D eigenvalue weighted by Gasteiger charge is 2.24. The normalized spacial score (nSPS) is 16.3. The maximum absolute atomic E-state index is 12.3. The summed E-state index contributed by atoms with van der Waals surface area (Å²) in [6.07, 6.45) is 3.74. The van der Waals surface area contributed by atoms with Crippen molar-refractivity contribution in [2.45, 2.75) is 18.9 Å². The van der Waals surface area contributed by atoms with Crippen LogP contribution in [0.3, 0.4) is 0 Å². The van der Waals surface area contributed by atoms with Crippen molar-refractivity contribution >= 4 is 11.7 Å². The molecule has 1 aromatic heterocycles. The molecule has 0 bridgehead atoms. The monoisotopic (exact) mass is 270 g/mol. The Bertz CT molecular complexity index is 585. The van der Waals surface area contributed by atoms with Crippen LogP contribution in [0.2, 0.25) is 0 Å². The van der Waals surface area contributed by atoms with Gasteiger partial charge < -0.3 is 10.6 Å². The molecular formula is C15H18N4O. The Labute approximate surface area is 118 Å². The van der Waals surface area contributed by atoms with Crippen molar-refractivity contribution in [1.82, 2.24) is 14.7 Å². The molecule has 2 aromatic rings. The number of likely N-dealkylation sites (tertiary alicyclic amines) is 1. The average Bonchev–Trinajstić information content (AvgIpc) is 2.94. The van der Waals surface area contributed by atoms with Gasteiger partial charge in [0.15, 0.2) is 0 Å². The zero-order chi connectivity index (χ0) is 13.9. The Morgan fingerprint density at radius 1 is 1.15 bits per heavy atom. The molecule has 104 valence electrons. The lowest BCUT2D eigenvalue weighted by Gasteiger charge is -2.32. The summed E-state index contributed by atoms with van der Waals surface area (Å²) < 4.78 is 1.92. The van der Waals surface area contributed by atoms with Gasteiger partial charge in [0.05, 0.1) is 6.04 Å². The molecule has 2 N–H and O–H groups in total. The highest BCUT2D eigenvalue weighted by molar-refractivity contribution is 5.94. The molecule has 1 aliphatic heterocycles. The summed E-state index contributed by atoms with van der Waals surface area (Å²) in [7, 11) is 0. The number of benzene rings is 1. The van der Waals surface area contributed by atoms with E-state index < -0.39 is 0 Å². The predicted molar refractivity (Wildman–Crippen MR) is 77.3 cm³/mol. The Morgan fingerprint density at radius 2 is 1.85 bits per heavy atom. The van der Waals surface area contributed by atoms with Gasteiger partial charge in [0, 0.05) is 24.8 Å². The number of aromatic nitrogens is 2. The fourth-order valence-electron chi connectivity index (χ4n) is 2.65. The van der Waals surface area contributed by atoms with E-state index >= 15 is 0 Å². The number of hydrogen-bond donors (Lipinski definition) is 1. The van der Waals surface area contributed by atoms with Gasteiger partial charge in [0.2, 0.25) is 0 Å². The maximum Gasteiger partial charge on any atom is 0.253 e. The van der Waals surface area contributed by atoms with Crippen LogP contribution in [0, 0.1) is 0 Å². The molecule has 1 saturated heterocycles. The number of amides is 1. The molecule has 1 aromatic carbocycles. The third kappa shape index (κ3) is 2.52. The van der Waals surface area contributed by atoms with E-state index in [4.69, 9.17) is 5.73 Å². The number of nitrogens with zero attached hydrogens (tertiary/aromatic N) is 3. The molecule has 0 atom stereocenters. The first-order valence-corrected chi connectivity index (χ1v) is 6.89. The topological polar surface area (TPSA) is 64.2 Å². The summed E-state index contributed by atoms with van der Waals surface area (Å²) in [4.78, 5) is 14.2. The first-order valence-electron chi connectivity index (χ1n) is 6.89. The molecular weight excluding hydrogens is 252 g/mol. The minimum atomic E-state index is 0.115. The Balaban J connectivity index is 1.63. The Morgan fingerprint density at radius 3 is 2.45 bits per heavy atom. The second kappa shape index (κ2) is 5.36. The molecule has 1 fully saturated rings. The molecule has 0 unspecified atom stereocenters. The van der Waals surface area contributed by atoms with Crippen LogP contribution in [0.25, 0.3) is 0 Å². The smallest absolute Gasteiger partial charge is 0.253 e. The molecule has 1 aliphatic rings. The molecule has 5 nitrogen and oxygen atoms in total. The van der Waals surface area contributed by atoms with Crippen LogP contribution in [0.15, 0.2) is 42.6 Å². The second-order valence-corrected chi connectivity index (χ2v) is 5.11. The molecule has 0 radical (unpaired) electrons. The van der Waals surface area contributed by atoms with E-state index in [1.807, 2.05) is 52.2 Å². The molecule has 1 amide bonds. The summed E-state index contributed by atoms with van der Waals surface area (Å²) in [5, 5.41) is 4.25. The Kier molecular flexibility index (Phi) is 3.41. The van der Waals surface area contributed by atoms with Crippen LogP contribution >= 0.6 is 0 Å². The third-order valence-electron chi connectivity index (χ3n) is 3.78. The van der Waals surface area contributed by atoms with E-state index in [0.29, 0.717) is 11.9 Å². The molecule has 5 heteroatoms. The van der Waals surface area contributed by atoms with Gasteiger partial charge in [-0.25, -0.2) is 0 Å². The van der Waals surface area contributed by atoms with Gasteiger partial charge in [-0.1, -0.05) is 18.2 Å². The third-order valence-corrected chi connectivity index (χ3v) is 3.78. The predicted octanol–water partition coefficient (Wildman–Crippen LogP) is 1.94. The second-order valence-electron chi connectivity index (χ2n) is 5.11. The van der Waals surface area contributed by atoms with Gasteiger partial charge in [-0.15, -0.1) is 0 Å². The van der Waals surface area contributed by atoms with Crippen LogP contribution < -0.4 is 5.73 Å². The summed E-state index contributed by atoms with van der Waals surface area (Å²) in [5.41, 5.74) is 6.40. The minimum absolute atomic E-state index is 0.115. The SMILES string of the molecule is Nc1ccn(C2CCN(C(=O)c3ccccc3)CC2)n1. The number of rotatable bonds is 2. The first kappa shape index (κ1) is 12.7. The number of hydrogen-bond acceptors (Lipinski definition) is 3. The number of carbonyl (C=O) groups excluding carboxylic acids is 1. The zero-order valence-electron chi connectivity index (χ0n) is 11.3. The number of piperidine rings is 1. The maximum atomic E-state index is 12.3. The van der Waals surface area contributed by atoms with E-state index in [9.17, 15) is 4.79 Å². The summed E-state index contributed by atoms with van der Waals surface area (Å²) in [6.45, 7) is 1.52. The van der Waals surface area contributed by atoms with Crippen molar-refractivity contribution in [1.29, 1.82) is 0 Å². The highest BCUT2D eigenvalue weighted by atomic mass is 16.2. The fourth-order valence-corrected chi connectivity index (χ4v) is 2.65. The van der Waals surface area contributed by atoms with Crippen molar-refractivity contribution in [3.8, 4) is 0 Å². The Hall–Kier alpha value is -2.30. The zero-order valence-corrected chi connectivity index (χ0v) is 11.3. The van der Waals surface area contributed by atoms with Gasteiger partial charge in [-0.05, 0) is 31.0 Å². The van der Waals surface area contributed by atoms with Crippen LogP contribution in [-0.2, 0) is 0 Å². The number of nitrogens with two attached hydrogens (primary N) is 1. The van der Waals surface area contributed by atoms with Crippen LogP contribution in [0.4, 0.5) is 5.82 Å². The standard InChI is InChI=1S/C15H18N4O/c16-14-8-11-19(17-14)13-6-9-18(10-7-13)15(20)12-4-2-1-3-5-12/h1-5,8,11,13H,6-7,9-10H2,(H2,16,17). The molecule has 2 heterocycles. The lowest BCUT2D eigenvalue weighted by molar-refractivity contribution is 0.0690. The number of nitrogen functional groups attached to an aromatic ring is 1. The molecule has 0 spiro atoms. The fraction of sp³-hybridized carbons (Fsp3) is 0.333. The molecule has 0 aliphatic carbocycles. The van der Waals surface area contributed by atoms with Gasteiger partial charge in [-0.2, -0.15) is 5.10 Å². The van der Waals surface area contributed by atoms with E-state index in [2.05, 4.69) is 5.10 Å². The van der Waals surface area contributed by atoms with E-state index in [-0.39, 0.29) is 5.91 Å². The number of carbonyl (C=O) groups is 1. The summed E-state index contributed by atoms with van der Waals surface area (Å²) >= 11 is 0. The molecule has 0 saturated carbocycles. The van der Waals surface area contributed by atoms with Crippen molar-refractivity contribution in [2.24, 2.45) is 0 Å². The molecule has 20 heavy (non-hydrogen) atoms. The molecule has 3 rings (SSSR count). The quantitative estimate of drug-likeness (QED) is 0.907. The lowest BCUT2D eigenvalue weighted by atomic mass is 10.0. The van der Waals surface area contributed by atoms with Gasteiger partial charge in [0.1, 0.15) is 5.82 Å². The largest absolute Gasteiger partial charge is 0.382 e. The van der Waals surface area contributed by atoms with Crippen molar-refractivity contribution < 1.29 is 4.79 Å². The van der Waals surface area contributed by atoms with Crippen molar-refractivity contribution in [3.63, 3.8) is 0 Å². The van der Waals surface area contributed by atoms with E-state index in [1.165, 1.54) is 0 Å². The highest BCUT2D eigenvalue weighted by Crippen LogP contribution is 2.23. The van der Waals surface area contributed by atoms with Gasteiger partial charge >= 0.3 is 0 Å². The minimum Gasteiger partial charge on any atom is -0.382 e. The van der Waals surface area contributed by atoms with E-state index in [0.717, 1.165) is 31.5 Å². The van der Waals surface area contributed by atoms with Crippen molar-refractivity contribution in [2.75, 3.05) is 18.8 Å². The first-order chi connectivity index (χ1) is 9.74. The van der Waals surface area contributed by atoms with Crippen LogP contribution in [0.1, 0.15) is 29.2 Å². The van der Waals surface area contributed by atoms with Crippen LogP contribution in [0.5, 0.6) is 0 Å². The van der Waals surface area contributed by atoms with Crippen molar-refractivity contribution in [3.05, 3.63) is 48.2 Å². The lowest BCUT2D eigenvalue weighted by Crippen LogP contribution is -2.39. The number of anilines is 1.